The number of piperazine rings is 1. The molecule has 138 valence electrons. The Morgan fingerprint density at radius 3 is 2.42 bits per heavy atom. The van der Waals surface area contributed by atoms with Gasteiger partial charge < -0.3 is 10.2 Å². The molecule has 5 heteroatoms. The van der Waals surface area contributed by atoms with E-state index in [0.29, 0.717) is 6.54 Å². The van der Waals surface area contributed by atoms with Gasteiger partial charge in [-0.3, -0.25) is 9.69 Å². The van der Waals surface area contributed by atoms with Crippen LogP contribution in [0.1, 0.15) is 24.1 Å². The van der Waals surface area contributed by atoms with Gasteiger partial charge in [0.2, 0.25) is 5.91 Å². The Morgan fingerprint density at radius 2 is 1.73 bits per heavy atom. The van der Waals surface area contributed by atoms with Gasteiger partial charge in [0.25, 0.3) is 0 Å². The van der Waals surface area contributed by atoms with Crippen LogP contribution in [0.3, 0.4) is 0 Å². The van der Waals surface area contributed by atoms with Crippen molar-refractivity contribution < 1.29 is 4.79 Å². The summed E-state index contributed by atoms with van der Waals surface area (Å²) < 4.78 is 1.03. The van der Waals surface area contributed by atoms with E-state index >= 15 is 0 Å². The van der Waals surface area contributed by atoms with Crippen LogP contribution in [-0.2, 0) is 4.79 Å². The van der Waals surface area contributed by atoms with E-state index in [0.717, 1.165) is 36.2 Å². The van der Waals surface area contributed by atoms with E-state index in [1.54, 1.807) is 0 Å². The van der Waals surface area contributed by atoms with Crippen molar-refractivity contribution in [3.8, 4) is 0 Å². The molecule has 2 aromatic carbocycles. The molecule has 1 aliphatic heterocycles. The van der Waals surface area contributed by atoms with Gasteiger partial charge in [0.1, 0.15) is 0 Å². The average Bonchev–Trinajstić information content (AvgIpc) is 2.63. The third-order valence-electron chi connectivity index (χ3n) is 4.94. The minimum Gasteiger partial charge on any atom is -0.369 e. The molecule has 0 bridgehead atoms. The smallest absolute Gasteiger partial charge is 0.234 e. The Morgan fingerprint density at radius 1 is 1.08 bits per heavy atom. The first kappa shape index (κ1) is 18.9. The van der Waals surface area contributed by atoms with Gasteiger partial charge in [0, 0.05) is 36.3 Å². The molecule has 0 radical (unpaired) electrons. The maximum atomic E-state index is 12.4. The molecule has 2 aromatic rings. The maximum Gasteiger partial charge on any atom is 0.234 e. The number of hydrogen-bond donors (Lipinski definition) is 1. The fourth-order valence-electron chi connectivity index (χ4n) is 3.46. The lowest BCUT2D eigenvalue weighted by atomic mass is 10.1. The molecule has 1 amide bonds. The molecule has 1 saturated heterocycles. The predicted octanol–water partition coefficient (Wildman–Crippen LogP) is 3.76. The monoisotopic (exact) mass is 415 g/mol. The Balaban J connectivity index is 1.49. The van der Waals surface area contributed by atoms with Crippen LogP contribution in [0.25, 0.3) is 0 Å². The molecule has 1 aliphatic rings. The van der Waals surface area contributed by atoms with Crippen LogP contribution in [-0.4, -0.2) is 43.5 Å². The van der Waals surface area contributed by atoms with Gasteiger partial charge >= 0.3 is 0 Å². The standard InChI is InChI=1S/C21H26BrN3O/c1-16-7-3-6-10-20(16)25-13-11-24(12-14-25)15-21(26)23-17(2)18-8-4-5-9-19(18)22/h3-10,17H,11-15H2,1-2H3,(H,23,26)/t17-/m0/s1. The van der Waals surface area contributed by atoms with E-state index in [9.17, 15) is 4.79 Å². The average molecular weight is 416 g/mol. The molecule has 1 heterocycles. The fourth-order valence-corrected chi connectivity index (χ4v) is 4.09. The van der Waals surface area contributed by atoms with E-state index in [4.69, 9.17) is 0 Å². The van der Waals surface area contributed by atoms with Gasteiger partial charge in [0.15, 0.2) is 0 Å². The van der Waals surface area contributed by atoms with Crippen LogP contribution in [0.15, 0.2) is 53.0 Å². The van der Waals surface area contributed by atoms with Gasteiger partial charge in [-0.25, -0.2) is 0 Å². The Kier molecular flexibility index (Phi) is 6.33. The molecule has 0 saturated carbocycles. The Labute approximate surface area is 164 Å². The van der Waals surface area contributed by atoms with Crippen molar-refractivity contribution in [3.63, 3.8) is 0 Å². The summed E-state index contributed by atoms with van der Waals surface area (Å²) in [7, 11) is 0. The molecular weight excluding hydrogens is 390 g/mol. The molecule has 0 spiro atoms. The third kappa shape index (κ3) is 4.65. The number of nitrogens with zero attached hydrogens (tertiary/aromatic N) is 2. The lowest BCUT2D eigenvalue weighted by Crippen LogP contribution is -2.49. The number of amides is 1. The highest BCUT2D eigenvalue weighted by Crippen LogP contribution is 2.23. The van der Waals surface area contributed by atoms with Gasteiger partial charge in [-0.15, -0.1) is 0 Å². The highest BCUT2D eigenvalue weighted by Gasteiger charge is 2.21. The normalized spacial score (nSPS) is 16.3. The molecule has 4 nitrogen and oxygen atoms in total. The van der Waals surface area contributed by atoms with E-state index in [2.05, 4.69) is 62.2 Å². The summed E-state index contributed by atoms with van der Waals surface area (Å²) in [5.41, 5.74) is 3.71. The zero-order chi connectivity index (χ0) is 18.5. The molecule has 0 aromatic heterocycles. The first-order chi connectivity index (χ1) is 12.5. The zero-order valence-electron chi connectivity index (χ0n) is 15.4. The van der Waals surface area contributed by atoms with Crippen molar-refractivity contribution in [1.29, 1.82) is 0 Å². The zero-order valence-corrected chi connectivity index (χ0v) is 17.0. The molecule has 1 atom stereocenters. The molecule has 1 N–H and O–H groups in total. The SMILES string of the molecule is Cc1ccccc1N1CCN(CC(=O)N[C@@H](C)c2ccccc2Br)CC1. The molecule has 1 fully saturated rings. The van der Waals surface area contributed by atoms with Crippen LogP contribution in [0, 0.1) is 6.92 Å². The van der Waals surface area contributed by atoms with Crippen molar-refractivity contribution in [2.45, 2.75) is 19.9 Å². The molecule has 0 aliphatic carbocycles. The first-order valence-electron chi connectivity index (χ1n) is 9.11. The van der Waals surface area contributed by atoms with E-state index in [1.165, 1.54) is 11.3 Å². The van der Waals surface area contributed by atoms with Gasteiger partial charge in [0.05, 0.1) is 12.6 Å². The summed E-state index contributed by atoms with van der Waals surface area (Å²) >= 11 is 3.55. The van der Waals surface area contributed by atoms with Crippen molar-refractivity contribution in [3.05, 3.63) is 64.1 Å². The van der Waals surface area contributed by atoms with Crippen LogP contribution in [0.2, 0.25) is 0 Å². The van der Waals surface area contributed by atoms with E-state index in [1.807, 2.05) is 31.2 Å². The third-order valence-corrected chi connectivity index (χ3v) is 5.67. The number of carbonyl (C=O) groups excluding carboxylic acids is 1. The number of carbonyl (C=O) groups is 1. The lowest BCUT2D eigenvalue weighted by Gasteiger charge is -2.36. The minimum atomic E-state index is -0.00803. The summed E-state index contributed by atoms with van der Waals surface area (Å²) in [5, 5.41) is 3.11. The Bertz CT molecular complexity index is 756. The maximum absolute atomic E-state index is 12.4. The summed E-state index contributed by atoms with van der Waals surface area (Å²) in [4.78, 5) is 17.1. The van der Waals surface area contributed by atoms with Crippen molar-refractivity contribution in [2.24, 2.45) is 0 Å². The second kappa shape index (κ2) is 8.69. The van der Waals surface area contributed by atoms with Crippen LogP contribution >= 0.6 is 15.9 Å². The number of nitrogens with one attached hydrogen (secondary N) is 1. The highest BCUT2D eigenvalue weighted by molar-refractivity contribution is 9.10. The summed E-state index contributed by atoms with van der Waals surface area (Å²) in [6.07, 6.45) is 0. The van der Waals surface area contributed by atoms with E-state index in [-0.39, 0.29) is 11.9 Å². The van der Waals surface area contributed by atoms with E-state index < -0.39 is 0 Å². The first-order valence-corrected chi connectivity index (χ1v) is 9.90. The molecular formula is C21H26BrN3O. The Hall–Kier alpha value is -1.85. The highest BCUT2D eigenvalue weighted by atomic mass is 79.9. The second-order valence-electron chi connectivity index (χ2n) is 6.86. The lowest BCUT2D eigenvalue weighted by molar-refractivity contribution is -0.123. The van der Waals surface area contributed by atoms with Crippen LogP contribution in [0.5, 0.6) is 0 Å². The van der Waals surface area contributed by atoms with Crippen molar-refractivity contribution >= 4 is 27.5 Å². The summed E-state index contributed by atoms with van der Waals surface area (Å²) in [6, 6.07) is 16.5. The molecule has 26 heavy (non-hydrogen) atoms. The fraction of sp³-hybridized carbons (Fsp3) is 0.381. The number of rotatable bonds is 5. The summed E-state index contributed by atoms with van der Waals surface area (Å²) in [6.45, 7) is 8.36. The molecule has 3 rings (SSSR count). The van der Waals surface area contributed by atoms with Crippen molar-refractivity contribution in [2.75, 3.05) is 37.6 Å². The number of anilines is 1. The number of benzene rings is 2. The predicted molar refractivity (Wildman–Crippen MR) is 111 cm³/mol. The van der Waals surface area contributed by atoms with Gasteiger partial charge in [-0.1, -0.05) is 52.3 Å². The second-order valence-corrected chi connectivity index (χ2v) is 7.71. The number of aryl methyl sites for hydroxylation is 1. The molecule has 0 unspecified atom stereocenters. The van der Waals surface area contributed by atoms with Crippen LogP contribution in [0.4, 0.5) is 5.69 Å². The largest absolute Gasteiger partial charge is 0.369 e. The van der Waals surface area contributed by atoms with Crippen molar-refractivity contribution in [1.82, 2.24) is 10.2 Å². The van der Waals surface area contributed by atoms with Gasteiger partial charge in [-0.05, 0) is 37.1 Å². The summed E-state index contributed by atoms with van der Waals surface area (Å²) in [5.74, 6) is 0.0811. The van der Waals surface area contributed by atoms with Gasteiger partial charge in [-0.2, -0.15) is 0 Å². The topological polar surface area (TPSA) is 35.6 Å². The van der Waals surface area contributed by atoms with Crippen LogP contribution < -0.4 is 10.2 Å². The number of para-hydroxylation sites is 1. The number of hydrogen-bond acceptors (Lipinski definition) is 3. The number of halogens is 1. The quantitative estimate of drug-likeness (QED) is 0.807. The minimum absolute atomic E-state index is 0.00803.